The summed E-state index contributed by atoms with van der Waals surface area (Å²) in [5.74, 6) is -2.29. The normalized spacial score (nSPS) is 18.4. The fourth-order valence-corrected chi connectivity index (χ4v) is 4.11. The maximum atomic E-state index is 13.1. The Hall–Kier alpha value is -3.40. The summed E-state index contributed by atoms with van der Waals surface area (Å²) in [6.45, 7) is 2.48. The first-order valence-electron chi connectivity index (χ1n) is 9.78. The summed E-state index contributed by atoms with van der Waals surface area (Å²) in [5, 5.41) is 4.67. The van der Waals surface area contributed by atoms with E-state index in [4.69, 9.17) is 0 Å². The fourth-order valence-electron chi connectivity index (χ4n) is 3.40. The fraction of sp³-hybridized carbons (Fsp3) is 0.286. The topological polar surface area (TPSA) is 95.0 Å². The third-order valence-corrected chi connectivity index (χ3v) is 5.88. The minimum absolute atomic E-state index is 0.0401. The summed E-state index contributed by atoms with van der Waals surface area (Å²) in [6, 6.07) is 6.33. The number of halogens is 1. The Morgan fingerprint density at radius 3 is 2.61 bits per heavy atom. The highest BCUT2D eigenvalue weighted by Gasteiger charge is 2.26. The molecule has 2 aliphatic rings. The largest absolute Gasteiger partial charge is 0.368 e. The number of rotatable bonds is 5. The molecular weight excluding hydrogens is 421 g/mol. The van der Waals surface area contributed by atoms with E-state index in [1.54, 1.807) is 28.5 Å². The number of aliphatic imine (C=N–C) groups is 1. The van der Waals surface area contributed by atoms with Crippen molar-refractivity contribution in [3.63, 3.8) is 0 Å². The summed E-state index contributed by atoms with van der Waals surface area (Å²) in [4.78, 5) is 48.3. The van der Waals surface area contributed by atoms with E-state index in [2.05, 4.69) is 20.2 Å². The number of hydrogen-bond donors (Lipinski definition) is 1. The van der Waals surface area contributed by atoms with Crippen molar-refractivity contribution in [2.75, 3.05) is 36.4 Å². The molecule has 0 saturated carbocycles. The van der Waals surface area contributed by atoms with Gasteiger partial charge in [-0.1, -0.05) is 6.08 Å². The molecule has 10 heteroatoms. The first kappa shape index (κ1) is 20.9. The van der Waals surface area contributed by atoms with Crippen molar-refractivity contribution in [1.29, 1.82) is 0 Å². The molecule has 1 fully saturated rings. The van der Waals surface area contributed by atoms with Gasteiger partial charge in [0.15, 0.2) is 5.13 Å². The molecule has 1 aromatic carbocycles. The highest BCUT2D eigenvalue weighted by atomic mass is 32.1. The van der Waals surface area contributed by atoms with Crippen LogP contribution in [0.2, 0.25) is 0 Å². The monoisotopic (exact) mass is 441 g/mol. The zero-order valence-corrected chi connectivity index (χ0v) is 17.3. The van der Waals surface area contributed by atoms with Crippen LogP contribution in [0.4, 0.5) is 15.2 Å². The van der Waals surface area contributed by atoms with Crippen LogP contribution >= 0.6 is 11.3 Å². The number of hydrogen-bond acceptors (Lipinski definition) is 6. The summed E-state index contributed by atoms with van der Waals surface area (Å²) >= 11 is 1.20. The van der Waals surface area contributed by atoms with E-state index in [1.165, 1.54) is 35.8 Å². The first-order chi connectivity index (χ1) is 15.0. The molecule has 3 amide bonds. The number of nitrogens with zero attached hydrogens (tertiary/aromatic N) is 4. The second kappa shape index (κ2) is 9.17. The van der Waals surface area contributed by atoms with Gasteiger partial charge in [-0.05, 0) is 30.3 Å². The minimum atomic E-state index is -0.962. The molecule has 3 heterocycles. The van der Waals surface area contributed by atoms with Gasteiger partial charge in [0.25, 0.3) is 5.91 Å². The number of anilines is 2. The van der Waals surface area contributed by atoms with E-state index in [0.29, 0.717) is 37.0 Å². The highest BCUT2D eigenvalue weighted by Crippen LogP contribution is 2.20. The lowest BCUT2D eigenvalue weighted by atomic mass is 10.1. The Labute approximate surface area is 182 Å². The second-order valence-corrected chi connectivity index (χ2v) is 7.99. The van der Waals surface area contributed by atoms with Crippen LogP contribution in [0.15, 0.2) is 46.8 Å². The zero-order chi connectivity index (χ0) is 21.8. The van der Waals surface area contributed by atoms with E-state index in [1.807, 2.05) is 0 Å². The maximum Gasteiger partial charge on any atom is 0.262 e. The van der Waals surface area contributed by atoms with E-state index >= 15 is 0 Å². The first-order valence-corrected chi connectivity index (χ1v) is 10.7. The van der Waals surface area contributed by atoms with Gasteiger partial charge >= 0.3 is 0 Å². The maximum absolute atomic E-state index is 13.1. The van der Waals surface area contributed by atoms with Gasteiger partial charge in [-0.2, -0.15) is 0 Å². The van der Waals surface area contributed by atoms with Crippen molar-refractivity contribution in [1.82, 2.24) is 9.88 Å². The molecule has 31 heavy (non-hydrogen) atoms. The van der Waals surface area contributed by atoms with Crippen molar-refractivity contribution in [2.45, 2.75) is 6.42 Å². The van der Waals surface area contributed by atoms with Crippen LogP contribution in [0, 0.1) is 11.7 Å². The van der Waals surface area contributed by atoms with Gasteiger partial charge in [0.1, 0.15) is 11.7 Å². The number of carbonyl (C=O) groups is 3. The average Bonchev–Trinajstić information content (AvgIpc) is 3.21. The Kier molecular flexibility index (Phi) is 6.17. The molecule has 0 spiro atoms. The number of benzene rings is 1. The molecule has 0 radical (unpaired) electrons. The molecule has 2 aliphatic heterocycles. The summed E-state index contributed by atoms with van der Waals surface area (Å²) in [5.41, 5.74) is 1.50. The van der Waals surface area contributed by atoms with Crippen molar-refractivity contribution >= 4 is 46.1 Å². The minimum Gasteiger partial charge on any atom is -0.368 e. The Bertz CT molecular complexity index is 1040. The SMILES string of the molecule is O=C1N=CC=CC1C(=O)Nc1nc(CC(=O)N2CCN(c3ccc(F)cc3)CC2)cs1. The van der Waals surface area contributed by atoms with Gasteiger partial charge in [0.05, 0.1) is 12.1 Å². The van der Waals surface area contributed by atoms with Gasteiger partial charge in [-0.25, -0.2) is 14.4 Å². The summed E-state index contributed by atoms with van der Waals surface area (Å²) in [6.07, 6.45) is 4.51. The van der Waals surface area contributed by atoms with Crippen LogP contribution in [-0.4, -0.2) is 60.0 Å². The molecule has 2 aromatic rings. The molecule has 1 unspecified atom stereocenters. The van der Waals surface area contributed by atoms with Gasteiger partial charge in [0.2, 0.25) is 11.8 Å². The average molecular weight is 441 g/mol. The summed E-state index contributed by atoms with van der Waals surface area (Å²) < 4.78 is 13.1. The van der Waals surface area contributed by atoms with Crippen molar-refractivity contribution in [3.05, 3.63) is 53.3 Å². The predicted octanol–water partition coefficient (Wildman–Crippen LogP) is 1.90. The number of aromatic nitrogens is 1. The third kappa shape index (κ3) is 5.02. The number of dihydropyridines is 1. The Morgan fingerprint density at radius 1 is 1.16 bits per heavy atom. The van der Waals surface area contributed by atoms with Crippen LogP contribution in [0.1, 0.15) is 5.69 Å². The van der Waals surface area contributed by atoms with Crippen LogP contribution in [0.25, 0.3) is 0 Å². The third-order valence-electron chi connectivity index (χ3n) is 5.08. The smallest absolute Gasteiger partial charge is 0.262 e. The zero-order valence-electron chi connectivity index (χ0n) is 16.5. The predicted molar refractivity (Wildman–Crippen MR) is 116 cm³/mol. The lowest BCUT2D eigenvalue weighted by Gasteiger charge is -2.36. The number of nitrogens with one attached hydrogen (secondary N) is 1. The highest BCUT2D eigenvalue weighted by molar-refractivity contribution is 7.14. The molecule has 1 atom stereocenters. The van der Waals surface area contributed by atoms with Crippen LogP contribution < -0.4 is 10.2 Å². The molecule has 4 rings (SSSR count). The van der Waals surface area contributed by atoms with E-state index in [9.17, 15) is 18.8 Å². The van der Waals surface area contributed by atoms with E-state index in [-0.39, 0.29) is 18.1 Å². The quantitative estimate of drug-likeness (QED) is 0.715. The van der Waals surface area contributed by atoms with E-state index in [0.717, 1.165) is 5.69 Å². The molecular formula is C21H20FN5O3S. The second-order valence-electron chi connectivity index (χ2n) is 7.13. The Morgan fingerprint density at radius 2 is 1.90 bits per heavy atom. The van der Waals surface area contributed by atoms with Gasteiger partial charge < -0.3 is 15.1 Å². The van der Waals surface area contributed by atoms with Crippen molar-refractivity contribution < 1.29 is 18.8 Å². The van der Waals surface area contributed by atoms with Crippen molar-refractivity contribution in [2.24, 2.45) is 10.9 Å². The molecule has 0 aliphatic carbocycles. The van der Waals surface area contributed by atoms with E-state index < -0.39 is 17.7 Å². The number of carbonyl (C=O) groups excluding carboxylic acids is 3. The molecule has 1 saturated heterocycles. The molecule has 160 valence electrons. The standard InChI is InChI=1S/C21H20FN5O3S/c22-14-3-5-16(6-4-14)26-8-10-27(11-9-26)18(28)12-15-13-31-21(24-15)25-20(30)17-2-1-7-23-19(17)29/h1-7,13,17H,8-12H2,(H,24,25,30). The lowest BCUT2D eigenvalue weighted by Crippen LogP contribution is -2.49. The van der Waals surface area contributed by atoms with Gasteiger partial charge in [-0.15, -0.1) is 11.3 Å². The van der Waals surface area contributed by atoms with Crippen LogP contribution in [-0.2, 0) is 20.8 Å². The van der Waals surface area contributed by atoms with Gasteiger partial charge in [-0.3, -0.25) is 14.4 Å². The molecule has 1 N–H and O–H groups in total. The number of piperazine rings is 1. The number of allylic oxidation sites excluding steroid dienone is 1. The van der Waals surface area contributed by atoms with Crippen LogP contribution in [0.5, 0.6) is 0 Å². The molecule has 1 aromatic heterocycles. The van der Waals surface area contributed by atoms with Crippen LogP contribution in [0.3, 0.4) is 0 Å². The lowest BCUT2D eigenvalue weighted by molar-refractivity contribution is -0.131. The summed E-state index contributed by atoms with van der Waals surface area (Å²) in [7, 11) is 0. The molecule has 8 nitrogen and oxygen atoms in total. The Balaban J connectivity index is 1.28. The van der Waals surface area contributed by atoms with Gasteiger partial charge in [0, 0.05) is 43.5 Å². The number of amides is 3. The molecule has 0 bridgehead atoms. The van der Waals surface area contributed by atoms with Crippen molar-refractivity contribution in [3.8, 4) is 0 Å². The number of thiazole rings is 1.